The molecule has 1 atom stereocenters. The van der Waals surface area contributed by atoms with E-state index in [0.29, 0.717) is 24.8 Å². The van der Waals surface area contributed by atoms with E-state index >= 15 is 0 Å². The third-order valence-electron chi connectivity index (χ3n) is 3.70. The van der Waals surface area contributed by atoms with Crippen molar-refractivity contribution in [3.8, 4) is 11.5 Å². The summed E-state index contributed by atoms with van der Waals surface area (Å²) in [4.78, 5) is 18.4. The van der Waals surface area contributed by atoms with Gasteiger partial charge in [-0.3, -0.25) is 4.79 Å². The second-order valence-corrected chi connectivity index (χ2v) is 5.86. The van der Waals surface area contributed by atoms with Crippen molar-refractivity contribution in [2.45, 2.75) is 12.3 Å². The number of nitrogens with zero attached hydrogens (tertiary/aromatic N) is 4. The lowest BCUT2D eigenvalue weighted by atomic mass is 10.1. The van der Waals surface area contributed by atoms with Crippen LogP contribution in [0.15, 0.2) is 38.1 Å². The minimum Gasteiger partial charge on any atom is -0.351 e. The Morgan fingerprint density at radius 3 is 3.09 bits per heavy atom. The van der Waals surface area contributed by atoms with Gasteiger partial charge in [-0.2, -0.15) is 16.3 Å². The van der Waals surface area contributed by atoms with E-state index in [1.165, 1.54) is 6.20 Å². The molecule has 1 aliphatic rings. The number of thiophene rings is 1. The zero-order valence-corrected chi connectivity index (χ0v) is 12.3. The number of aromatic nitrogens is 3. The van der Waals surface area contributed by atoms with Gasteiger partial charge in [-0.1, -0.05) is 10.3 Å². The second kappa shape index (κ2) is 5.38. The van der Waals surface area contributed by atoms with E-state index in [9.17, 15) is 4.79 Å². The molecular weight excluding hydrogens is 304 g/mol. The van der Waals surface area contributed by atoms with Crippen molar-refractivity contribution in [3.63, 3.8) is 0 Å². The summed E-state index contributed by atoms with van der Waals surface area (Å²) in [6.45, 7) is 1.20. The summed E-state index contributed by atoms with van der Waals surface area (Å²) >= 11 is 1.58. The van der Waals surface area contributed by atoms with E-state index in [-0.39, 0.29) is 17.6 Å². The summed E-state index contributed by atoms with van der Waals surface area (Å²) in [5, 5.41) is 11.5. The smallest absolute Gasteiger partial charge is 0.292 e. The lowest BCUT2D eigenvalue weighted by molar-refractivity contribution is 0.0749. The normalized spacial score (nSPS) is 18.0. The molecule has 7 nitrogen and oxygen atoms in total. The minimum absolute atomic E-state index is 0.0861. The van der Waals surface area contributed by atoms with Crippen LogP contribution >= 0.6 is 11.3 Å². The molecule has 0 N–H and O–H groups in total. The van der Waals surface area contributed by atoms with Crippen LogP contribution in [0.4, 0.5) is 0 Å². The zero-order valence-electron chi connectivity index (χ0n) is 11.5. The standard InChI is InChI=1S/C14H12N4O3S/c19-14(11-1-4-15-20-11)18-5-2-9(7-18)12-16-13(21-17-12)10-3-6-22-8-10/h1,3-4,6,8-9H,2,5,7H2. The van der Waals surface area contributed by atoms with Gasteiger partial charge in [0.2, 0.25) is 5.76 Å². The Balaban J connectivity index is 1.48. The molecular formula is C14H12N4O3S. The van der Waals surface area contributed by atoms with Crippen LogP contribution in [0.2, 0.25) is 0 Å². The van der Waals surface area contributed by atoms with Crippen LogP contribution in [0.1, 0.15) is 28.7 Å². The van der Waals surface area contributed by atoms with Gasteiger partial charge in [-0.25, -0.2) is 0 Å². The maximum Gasteiger partial charge on any atom is 0.292 e. The first kappa shape index (κ1) is 13.2. The highest BCUT2D eigenvalue weighted by Gasteiger charge is 2.32. The maximum atomic E-state index is 12.2. The fourth-order valence-electron chi connectivity index (χ4n) is 2.54. The molecule has 0 radical (unpaired) electrons. The zero-order chi connectivity index (χ0) is 14.9. The quantitative estimate of drug-likeness (QED) is 0.737. The molecule has 0 aromatic carbocycles. The van der Waals surface area contributed by atoms with Crippen LogP contribution in [-0.4, -0.2) is 39.2 Å². The Labute approximate surface area is 129 Å². The molecule has 3 aromatic heterocycles. The van der Waals surface area contributed by atoms with Crippen molar-refractivity contribution >= 4 is 17.2 Å². The first-order valence-corrected chi connectivity index (χ1v) is 7.81. The molecule has 3 aromatic rings. The van der Waals surface area contributed by atoms with Crippen LogP contribution in [0.25, 0.3) is 11.5 Å². The van der Waals surface area contributed by atoms with Gasteiger partial charge >= 0.3 is 0 Å². The van der Waals surface area contributed by atoms with Gasteiger partial charge in [0.05, 0.1) is 11.8 Å². The lowest BCUT2D eigenvalue weighted by Gasteiger charge is -2.13. The highest BCUT2D eigenvalue weighted by Crippen LogP contribution is 2.28. The van der Waals surface area contributed by atoms with Crippen LogP contribution in [0.3, 0.4) is 0 Å². The fraction of sp³-hybridized carbons (Fsp3) is 0.286. The SMILES string of the molecule is O=C(c1ccno1)N1CCC(c2noc(-c3ccsc3)n2)C1. The molecule has 4 rings (SSSR count). The van der Waals surface area contributed by atoms with Crippen molar-refractivity contribution in [1.82, 2.24) is 20.2 Å². The molecule has 1 unspecified atom stereocenters. The maximum absolute atomic E-state index is 12.2. The summed E-state index contributed by atoms with van der Waals surface area (Å²) in [5.74, 6) is 1.36. The van der Waals surface area contributed by atoms with E-state index in [1.807, 2.05) is 16.8 Å². The largest absolute Gasteiger partial charge is 0.351 e. The van der Waals surface area contributed by atoms with Crippen molar-refractivity contribution in [2.75, 3.05) is 13.1 Å². The average Bonchev–Trinajstić information content (AvgIpc) is 3.35. The highest BCUT2D eigenvalue weighted by molar-refractivity contribution is 7.08. The Kier molecular flexibility index (Phi) is 3.23. The van der Waals surface area contributed by atoms with Crippen molar-refractivity contribution in [2.24, 2.45) is 0 Å². The number of hydrogen-bond acceptors (Lipinski definition) is 7. The summed E-state index contributed by atoms with van der Waals surface area (Å²) in [6, 6.07) is 3.51. The minimum atomic E-state index is -0.151. The van der Waals surface area contributed by atoms with E-state index in [0.717, 1.165) is 12.0 Å². The molecule has 0 aliphatic carbocycles. The molecule has 1 saturated heterocycles. The van der Waals surface area contributed by atoms with Gasteiger partial charge < -0.3 is 13.9 Å². The third-order valence-corrected chi connectivity index (χ3v) is 4.38. The van der Waals surface area contributed by atoms with Crippen LogP contribution in [-0.2, 0) is 0 Å². The predicted octanol–water partition coefficient (Wildman–Crippen LogP) is 2.42. The Morgan fingerprint density at radius 2 is 2.32 bits per heavy atom. The van der Waals surface area contributed by atoms with Crippen LogP contribution in [0.5, 0.6) is 0 Å². The van der Waals surface area contributed by atoms with E-state index in [4.69, 9.17) is 9.05 Å². The molecule has 112 valence electrons. The number of hydrogen-bond donors (Lipinski definition) is 0. The summed E-state index contributed by atoms with van der Waals surface area (Å²) in [7, 11) is 0. The summed E-state index contributed by atoms with van der Waals surface area (Å²) < 4.78 is 10.2. The molecule has 0 spiro atoms. The molecule has 8 heteroatoms. The van der Waals surface area contributed by atoms with Crippen LogP contribution in [0, 0.1) is 0 Å². The van der Waals surface area contributed by atoms with Crippen molar-refractivity contribution in [1.29, 1.82) is 0 Å². The number of likely N-dealkylation sites (tertiary alicyclic amines) is 1. The molecule has 22 heavy (non-hydrogen) atoms. The fourth-order valence-corrected chi connectivity index (χ4v) is 3.17. The molecule has 4 heterocycles. The van der Waals surface area contributed by atoms with Crippen LogP contribution < -0.4 is 0 Å². The molecule has 1 aliphatic heterocycles. The van der Waals surface area contributed by atoms with E-state index in [2.05, 4.69) is 15.3 Å². The number of rotatable bonds is 3. The first-order chi connectivity index (χ1) is 10.8. The topological polar surface area (TPSA) is 85.3 Å². The van der Waals surface area contributed by atoms with Crippen molar-refractivity contribution in [3.05, 3.63) is 40.7 Å². The summed E-state index contributed by atoms with van der Waals surface area (Å²) in [6.07, 6.45) is 2.27. The Bertz CT molecular complexity index is 766. The van der Waals surface area contributed by atoms with Gasteiger partial charge in [0.1, 0.15) is 0 Å². The van der Waals surface area contributed by atoms with Gasteiger partial charge in [-0.05, 0) is 17.9 Å². The molecule has 1 amide bonds. The molecule has 0 bridgehead atoms. The molecule has 1 fully saturated rings. The third kappa shape index (κ3) is 2.31. The van der Waals surface area contributed by atoms with Gasteiger partial charge in [0.15, 0.2) is 5.82 Å². The lowest BCUT2D eigenvalue weighted by Crippen LogP contribution is -2.28. The molecule has 0 saturated carbocycles. The second-order valence-electron chi connectivity index (χ2n) is 5.08. The Morgan fingerprint density at radius 1 is 1.36 bits per heavy atom. The highest BCUT2D eigenvalue weighted by atomic mass is 32.1. The van der Waals surface area contributed by atoms with Crippen molar-refractivity contribution < 1.29 is 13.8 Å². The number of carbonyl (C=O) groups is 1. The van der Waals surface area contributed by atoms with Gasteiger partial charge in [0.25, 0.3) is 11.8 Å². The predicted molar refractivity (Wildman–Crippen MR) is 77.4 cm³/mol. The average molecular weight is 316 g/mol. The number of amides is 1. The number of carbonyl (C=O) groups excluding carboxylic acids is 1. The van der Waals surface area contributed by atoms with Gasteiger partial charge in [0, 0.05) is 30.5 Å². The van der Waals surface area contributed by atoms with E-state index in [1.54, 1.807) is 22.3 Å². The van der Waals surface area contributed by atoms with E-state index < -0.39 is 0 Å². The first-order valence-electron chi connectivity index (χ1n) is 6.87. The Hall–Kier alpha value is -2.48. The summed E-state index contributed by atoms with van der Waals surface area (Å²) in [5.41, 5.74) is 0.927. The van der Waals surface area contributed by atoms with Gasteiger partial charge in [-0.15, -0.1) is 0 Å². The monoisotopic (exact) mass is 316 g/mol.